The zero-order chi connectivity index (χ0) is 31.9. The maximum Gasteiger partial charge on any atom is 0.377 e. The summed E-state index contributed by atoms with van der Waals surface area (Å²) in [6.45, 7) is 2.16. The number of rotatable bonds is 10. The van der Waals surface area contributed by atoms with Crippen LogP contribution in [-0.4, -0.2) is 61.9 Å². The fourth-order valence-electron chi connectivity index (χ4n) is 10.0. The largest absolute Gasteiger partial charge is 0.463 e. The Hall–Kier alpha value is -2.33. The number of carbonyl (C=O) groups is 4. The van der Waals surface area contributed by atoms with Gasteiger partial charge in [0.25, 0.3) is 0 Å². The average Bonchev–Trinajstić information content (AvgIpc) is 2.90. The number of hydrogen-bond donors (Lipinski definition) is 0. The number of esters is 4. The van der Waals surface area contributed by atoms with Crippen molar-refractivity contribution in [2.24, 2.45) is 46.3 Å². The Morgan fingerprint density at radius 2 is 0.841 bits per heavy atom. The lowest BCUT2D eigenvalue weighted by atomic mass is 9.50. The second kappa shape index (κ2) is 12.5. The molecule has 8 aliphatic rings. The normalized spacial score (nSPS) is 36.2. The van der Waals surface area contributed by atoms with Crippen LogP contribution in [0, 0.1) is 46.3 Å². The summed E-state index contributed by atoms with van der Waals surface area (Å²) in [5.41, 5.74) is -1.86. The molecular weight excluding hydrogens is 581 g/mol. The molecule has 0 aromatic carbocycles. The van der Waals surface area contributed by atoms with Gasteiger partial charge < -0.3 is 18.9 Å². The van der Waals surface area contributed by atoms with E-state index in [4.69, 9.17) is 9.47 Å². The Labute approximate surface area is 257 Å². The van der Waals surface area contributed by atoms with E-state index in [1.165, 1.54) is 38.5 Å². The number of carbonyl (C=O) groups excluding carboxylic acids is 4. The van der Waals surface area contributed by atoms with E-state index in [1.54, 1.807) is 0 Å². The van der Waals surface area contributed by atoms with E-state index in [1.807, 2.05) is 0 Å². The maximum atomic E-state index is 13.3. The molecule has 0 aromatic rings. The quantitative estimate of drug-likeness (QED) is 0.215. The summed E-state index contributed by atoms with van der Waals surface area (Å²) in [7, 11) is 0. The van der Waals surface area contributed by atoms with E-state index in [2.05, 4.69) is 9.47 Å². The smallest absolute Gasteiger partial charge is 0.377 e. The highest BCUT2D eigenvalue weighted by Gasteiger charge is 2.52. The summed E-state index contributed by atoms with van der Waals surface area (Å²) in [5.74, 6) is -2.97. The van der Waals surface area contributed by atoms with Gasteiger partial charge in [-0.3, -0.25) is 0 Å². The SMILES string of the molecule is CC(C)(F)C(=O)OCC(=O)OCC12CC3CC(CC(C3)C1)C2.CC(F)(F)C(=O)OCC(=O)OCC12CC3CC(CC(C3)C1)C2. The Balaban J connectivity index is 0.000000175. The first kappa shape index (κ1) is 33.0. The van der Waals surface area contributed by atoms with Crippen molar-refractivity contribution in [1.82, 2.24) is 0 Å². The Bertz CT molecular complexity index is 951. The van der Waals surface area contributed by atoms with Gasteiger partial charge in [-0.15, -0.1) is 0 Å². The minimum Gasteiger partial charge on any atom is -0.463 e. The number of ether oxygens (including phenoxy) is 4. The van der Waals surface area contributed by atoms with Gasteiger partial charge in [0.15, 0.2) is 13.2 Å². The third-order valence-electron chi connectivity index (χ3n) is 10.9. The van der Waals surface area contributed by atoms with Gasteiger partial charge in [-0.05, 0) is 126 Å². The highest BCUT2D eigenvalue weighted by atomic mass is 19.3. The van der Waals surface area contributed by atoms with Crippen LogP contribution in [0.25, 0.3) is 0 Å². The Kier molecular flexibility index (Phi) is 9.36. The predicted octanol–water partition coefficient (Wildman–Crippen LogP) is 5.98. The molecule has 8 saturated carbocycles. The van der Waals surface area contributed by atoms with Gasteiger partial charge >= 0.3 is 29.8 Å². The van der Waals surface area contributed by atoms with Crippen molar-refractivity contribution in [3.05, 3.63) is 0 Å². The molecule has 0 saturated heterocycles. The van der Waals surface area contributed by atoms with Crippen LogP contribution < -0.4 is 0 Å². The third-order valence-corrected chi connectivity index (χ3v) is 10.9. The Morgan fingerprint density at radius 3 is 1.11 bits per heavy atom. The lowest BCUT2D eigenvalue weighted by molar-refractivity contribution is -0.178. The van der Waals surface area contributed by atoms with Crippen molar-refractivity contribution in [2.45, 2.75) is 109 Å². The second-order valence-electron chi connectivity index (χ2n) is 15.7. The molecule has 8 aliphatic carbocycles. The van der Waals surface area contributed by atoms with Gasteiger partial charge in [0.1, 0.15) is 0 Å². The molecule has 0 radical (unpaired) electrons. The summed E-state index contributed by atoms with van der Waals surface area (Å²) < 4.78 is 58.1. The van der Waals surface area contributed by atoms with Crippen LogP contribution in [0.1, 0.15) is 97.8 Å². The first-order valence-corrected chi connectivity index (χ1v) is 16.2. The molecule has 8 fully saturated rings. The molecule has 44 heavy (non-hydrogen) atoms. The van der Waals surface area contributed by atoms with Crippen LogP contribution in [0.15, 0.2) is 0 Å². The van der Waals surface area contributed by atoms with Crippen molar-refractivity contribution in [1.29, 1.82) is 0 Å². The molecular formula is C33H47F3O8. The molecule has 248 valence electrons. The van der Waals surface area contributed by atoms with Crippen molar-refractivity contribution >= 4 is 23.9 Å². The summed E-state index contributed by atoms with van der Waals surface area (Å²) in [6.07, 6.45) is 14.7. The number of alkyl halides is 3. The monoisotopic (exact) mass is 628 g/mol. The van der Waals surface area contributed by atoms with E-state index in [-0.39, 0.29) is 10.8 Å². The van der Waals surface area contributed by atoms with E-state index in [0.29, 0.717) is 20.1 Å². The molecule has 0 N–H and O–H groups in total. The lowest BCUT2D eigenvalue weighted by Crippen LogP contribution is -2.48. The lowest BCUT2D eigenvalue weighted by Gasteiger charge is -2.56. The molecule has 0 unspecified atom stereocenters. The van der Waals surface area contributed by atoms with Crippen LogP contribution in [0.3, 0.4) is 0 Å². The Morgan fingerprint density at radius 1 is 0.545 bits per heavy atom. The van der Waals surface area contributed by atoms with Gasteiger partial charge in [-0.1, -0.05) is 0 Å². The average molecular weight is 629 g/mol. The van der Waals surface area contributed by atoms with Crippen LogP contribution in [0.2, 0.25) is 0 Å². The zero-order valence-electron chi connectivity index (χ0n) is 26.2. The van der Waals surface area contributed by atoms with Crippen molar-refractivity contribution in [3.8, 4) is 0 Å². The molecule has 0 spiro atoms. The van der Waals surface area contributed by atoms with E-state index in [9.17, 15) is 32.3 Å². The molecule has 8 rings (SSSR count). The van der Waals surface area contributed by atoms with Crippen molar-refractivity contribution in [2.75, 3.05) is 26.4 Å². The van der Waals surface area contributed by atoms with Crippen LogP contribution in [-0.2, 0) is 38.1 Å². The molecule has 8 nitrogen and oxygen atoms in total. The molecule has 0 amide bonds. The van der Waals surface area contributed by atoms with E-state index in [0.717, 1.165) is 87.9 Å². The van der Waals surface area contributed by atoms with Gasteiger partial charge in [0.2, 0.25) is 5.67 Å². The topological polar surface area (TPSA) is 105 Å². The fraction of sp³-hybridized carbons (Fsp3) is 0.879. The molecule has 11 heteroatoms. The van der Waals surface area contributed by atoms with Crippen molar-refractivity contribution < 1.29 is 51.3 Å². The van der Waals surface area contributed by atoms with Gasteiger partial charge in [0.05, 0.1) is 13.2 Å². The van der Waals surface area contributed by atoms with E-state index < -0.39 is 48.7 Å². The van der Waals surface area contributed by atoms with E-state index >= 15 is 0 Å². The molecule has 0 aromatic heterocycles. The van der Waals surface area contributed by atoms with Crippen molar-refractivity contribution in [3.63, 3.8) is 0 Å². The second-order valence-corrected chi connectivity index (χ2v) is 15.7. The van der Waals surface area contributed by atoms with Gasteiger partial charge in [-0.2, -0.15) is 8.78 Å². The first-order valence-electron chi connectivity index (χ1n) is 16.2. The van der Waals surface area contributed by atoms with Crippen LogP contribution in [0.5, 0.6) is 0 Å². The summed E-state index contributed by atoms with van der Waals surface area (Å²) >= 11 is 0. The minimum atomic E-state index is -3.58. The summed E-state index contributed by atoms with van der Waals surface area (Å²) in [4.78, 5) is 45.6. The predicted molar refractivity (Wildman–Crippen MR) is 151 cm³/mol. The molecule has 0 aliphatic heterocycles. The molecule has 8 bridgehead atoms. The highest BCUT2D eigenvalue weighted by molar-refractivity contribution is 5.81. The fourth-order valence-corrected chi connectivity index (χ4v) is 10.0. The highest BCUT2D eigenvalue weighted by Crippen LogP contribution is 2.61. The summed E-state index contributed by atoms with van der Waals surface area (Å²) in [5, 5.41) is 0. The van der Waals surface area contributed by atoms with Crippen LogP contribution in [0.4, 0.5) is 13.2 Å². The van der Waals surface area contributed by atoms with Gasteiger partial charge in [0, 0.05) is 17.8 Å². The maximum absolute atomic E-state index is 13.3. The number of halogens is 3. The van der Waals surface area contributed by atoms with Gasteiger partial charge in [-0.25, -0.2) is 23.6 Å². The number of hydrogen-bond acceptors (Lipinski definition) is 8. The van der Waals surface area contributed by atoms with Crippen LogP contribution >= 0.6 is 0 Å². The third kappa shape index (κ3) is 8.08. The molecule has 0 atom stereocenters. The summed E-state index contributed by atoms with van der Waals surface area (Å²) in [6, 6.07) is 0. The molecule has 0 heterocycles. The zero-order valence-corrected chi connectivity index (χ0v) is 26.2. The standard InChI is InChI=1S/C17H25FO4.C16H22F2O4/c1-16(2,18)15(20)21-9-14(19)22-10-17-6-11-3-12(7-17)5-13(4-11)8-17;1-15(17,18)14(20)21-8-13(19)22-9-16-5-10-2-11(6-16)4-12(3-10)7-16/h11-13H,3-10H2,1-2H3;10-12H,2-9H2,1H3. The minimum absolute atomic E-state index is 0.0725. The first-order chi connectivity index (χ1) is 20.5.